The van der Waals surface area contributed by atoms with Crippen molar-refractivity contribution in [3.63, 3.8) is 0 Å². The van der Waals surface area contributed by atoms with E-state index in [1.807, 2.05) is 42.5 Å². The maximum atomic E-state index is 12.0. The van der Waals surface area contributed by atoms with Gasteiger partial charge in [0.25, 0.3) is 16.0 Å². The average Bonchev–Trinajstić information content (AvgIpc) is 3.01. The summed E-state index contributed by atoms with van der Waals surface area (Å²) in [5, 5.41) is 5.19. The summed E-state index contributed by atoms with van der Waals surface area (Å²) in [6, 6.07) is 12.9. The second-order valence-corrected chi connectivity index (χ2v) is 6.55. The maximum absolute atomic E-state index is 12.0. The predicted octanol–water partition coefficient (Wildman–Crippen LogP) is 2.13. The van der Waals surface area contributed by atoms with Crippen LogP contribution in [-0.4, -0.2) is 28.2 Å². The van der Waals surface area contributed by atoms with Crippen molar-refractivity contribution >= 4 is 22.0 Å². The van der Waals surface area contributed by atoms with Gasteiger partial charge in [-0.05, 0) is 23.3 Å². The Balaban J connectivity index is 1.66. The molecule has 122 valence electrons. The zero-order chi connectivity index (χ0) is 16.8. The fourth-order valence-corrected chi connectivity index (χ4v) is 2.74. The van der Waals surface area contributed by atoms with Crippen LogP contribution in [0, 0.1) is 0 Å². The van der Waals surface area contributed by atoms with Gasteiger partial charge in [-0.25, -0.2) is 17.8 Å². The van der Waals surface area contributed by atoms with Gasteiger partial charge in [0, 0.05) is 12.4 Å². The summed E-state index contributed by atoms with van der Waals surface area (Å²) >= 11 is 0. The molecule has 0 aliphatic carbocycles. The summed E-state index contributed by atoms with van der Waals surface area (Å²) in [7, 11) is -3.67. The van der Waals surface area contributed by atoms with Crippen LogP contribution in [0.2, 0.25) is 0 Å². The molecule has 0 atom stereocenters. The lowest BCUT2D eigenvalue weighted by Gasteiger charge is -2.00. The van der Waals surface area contributed by atoms with E-state index in [2.05, 4.69) is 19.8 Å². The Hall–Kier alpha value is -3.00. The van der Waals surface area contributed by atoms with Gasteiger partial charge in [-0.3, -0.25) is 4.98 Å². The molecule has 1 aromatic carbocycles. The molecular formula is C16H15N5O2S. The third kappa shape index (κ3) is 4.50. The van der Waals surface area contributed by atoms with Gasteiger partial charge in [0.2, 0.25) is 0 Å². The van der Waals surface area contributed by atoms with Gasteiger partial charge >= 0.3 is 0 Å². The van der Waals surface area contributed by atoms with Crippen molar-refractivity contribution in [2.75, 3.05) is 4.72 Å². The Labute approximate surface area is 139 Å². The minimum Gasteiger partial charge on any atom is -0.264 e. The molecule has 0 saturated heterocycles. The molecule has 1 N–H and O–H groups in total. The van der Waals surface area contributed by atoms with E-state index in [0.717, 1.165) is 16.5 Å². The molecule has 3 rings (SSSR count). The summed E-state index contributed by atoms with van der Waals surface area (Å²) in [6.07, 6.45) is 6.37. The molecule has 0 unspecified atom stereocenters. The quantitative estimate of drug-likeness (QED) is 0.742. The van der Waals surface area contributed by atoms with Gasteiger partial charge in [-0.1, -0.05) is 36.4 Å². The van der Waals surface area contributed by atoms with Crippen molar-refractivity contribution in [1.29, 1.82) is 0 Å². The van der Waals surface area contributed by atoms with Crippen LogP contribution in [0.5, 0.6) is 0 Å². The van der Waals surface area contributed by atoms with Crippen LogP contribution in [0.3, 0.4) is 0 Å². The summed E-state index contributed by atoms with van der Waals surface area (Å²) < 4.78 is 27.9. The first-order valence-electron chi connectivity index (χ1n) is 7.15. The molecule has 0 radical (unpaired) electrons. The Bertz CT molecular complexity index is 921. The summed E-state index contributed by atoms with van der Waals surface area (Å²) in [5.74, 6) is 0.0246. The van der Waals surface area contributed by atoms with Crippen LogP contribution in [0.4, 0.5) is 5.95 Å². The fraction of sp³-hybridized carbons (Fsp3) is 0.0625. The minimum absolute atomic E-state index is 0.0246. The number of anilines is 1. The second kappa shape index (κ2) is 7.05. The first kappa shape index (κ1) is 15.9. The second-order valence-electron chi connectivity index (χ2n) is 4.99. The van der Waals surface area contributed by atoms with Crippen molar-refractivity contribution in [1.82, 2.24) is 19.7 Å². The van der Waals surface area contributed by atoms with Crippen molar-refractivity contribution in [2.24, 2.45) is 0 Å². The fourth-order valence-electron chi connectivity index (χ4n) is 1.99. The van der Waals surface area contributed by atoms with E-state index >= 15 is 0 Å². The molecule has 0 amide bonds. The van der Waals surface area contributed by atoms with E-state index in [9.17, 15) is 8.42 Å². The van der Waals surface area contributed by atoms with Crippen LogP contribution < -0.4 is 4.72 Å². The average molecular weight is 341 g/mol. The minimum atomic E-state index is -3.67. The summed E-state index contributed by atoms with van der Waals surface area (Å²) in [6.45, 7) is 0.461. The highest BCUT2D eigenvalue weighted by Crippen LogP contribution is 2.07. The number of hydrogen-bond donors (Lipinski definition) is 1. The molecule has 0 fully saturated rings. The van der Waals surface area contributed by atoms with Gasteiger partial charge in [0.1, 0.15) is 6.33 Å². The SMILES string of the molecule is O=S(=O)(/C=C/c1ccccc1)Nc1ncn(Cc2cccnc2)n1. The largest absolute Gasteiger partial charge is 0.264 e. The lowest BCUT2D eigenvalue weighted by atomic mass is 10.2. The monoisotopic (exact) mass is 341 g/mol. The van der Waals surface area contributed by atoms with E-state index in [-0.39, 0.29) is 5.95 Å². The number of nitrogens with zero attached hydrogens (tertiary/aromatic N) is 4. The third-order valence-corrected chi connectivity index (χ3v) is 4.04. The Morgan fingerprint density at radius 2 is 1.96 bits per heavy atom. The maximum Gasteiger partial charge on any atom is 0.257 e. The van der Waals surface area contributed by atoms with Gasteiger partial charge in [0.15, 0.2) is 0 Å². The molecule has 7 nitrogen and oxygen atoms in total. The Morgan fingerprint density at radius 3 is 2.71 bits per heavy atom. The molecule has 0 spiro atoms. The molecule has 8 heteroatoms. The van der Waals surface area contributed by atoms with E-state index in [1.54, 1.807) is 12.4 Å². The van der Waals surface area contributed by atoms with E-state index < -0.39 is 10.0 Å². The predicted molar refractivity (Wildman–Crippen MR) is 91.4 cm³/mol. The number of nitrogens with one attached hydrogen (secondary N) is 1. The molecular weight excluding hydrogens is 326 g/mol. The zero-order valence-corrected chi connectivity index (χ0v) is 13.5. The zero-order valence-electron chi connectivity index (χ0n) is 12.6. The van der Waals surface area contributed by atoms with Gasteiger partial charge in [0.05, 0.1) is 12.0 Å². The molecule has 2 heterocycles. The molecule has 0 saturated carbocycles. The lowest BCUT2D eigenvalue weighted by Crippen LogP contribution is -2.11. The number of aromatic nitrogens is 4. The van der Waals surface area contributed by atoms with Crippen LogP contribution in [0.15, 0.2) is 66.6 Å². The first-order chi connectivity index (χ1) is 11.6. The van der Waals surface area contributed by atoms with Gasteiger partial charge < -0.3 is 0 Å². The van der Waals surface area contributed by atoms with Gasteiger partial charge in [-0.2, -0.15) is 4.98 Å². The molecule has 0 aliphatic rings. The lowest BCUT2D eigenvalue weighted by molar-refractivity contribution is 0.609. The van der Waals surface area contributed by atoms with Crippen molar-refractivity contribution in [3.05, 3.63) is 77.7 Å². The standard InChI is InChI=1S/C16H15N5O2S/c22-24(23,10-8-14-5-2-1-3-6-14)20-16-18-13-21(19-16)12-15-7-4-9-17-11-15/h1-11,13H,12H2,(H,19,20)/b10-8+. The molecule has 0 bridgehead atoms. The normalized spacial score (nSPS) is 11.7. The van der Waals surface area contributed by atoms with Crippen LogP contribution in [0.1, 0.15) is 11.1 Å². The van der Waals surface area contributed by atoms with Crippen LogP contribution >= 0.6 is 0 Å². The number of hydrogen-bond acceptors (Lipinski definition) is 5. The van der Waals surface area contributed by atoms with Gasteiger partial charge in [-0.15, -0.1) is 5.10 Å². The highest BCUT2D eigenvalue weighted by molar-refractivity contribution is 7.95. The number of pyridine rings is 1. The summed E-state index contributed by atoms with van der Waals surface area (Å²) in [4.78, 5) is 7.98. The molecule has 2 aromatic heterocycles. The third-order valence-electron chi connectivity index (χ3n) is 3.08. The number of sulfonamides is 1. The van der Waals surface area contributed by atoms with Crippen LogP contribution in [0.25, 0.3) is 6.08 Å². The summed E-state index contributed by atoms with van der Waals surface area (Å²) in [5.41, 5.74) is 1.73. The number of rotatable bonds is 6. The van der Waals surface area contributed by atoms with Crippen molar-refractivity contribution < 1.29 is 8.42 Å². The van der Waals surface area contributed by atoms with Crippen molar-refractivity contribution in [2.45, 2.75) is 6.54 Å². The Morgan fingerprint density at radius 1 is 1.12 bits per heavy atom. The Kier molecular flexibility index (Phi) is 4.66. The molecule has 0 aliphatic heterocycles. The topological polar surface area (TPSA) is 89.8 Å². The van der Waals surface area contributed by atoms with E-state index in [1.165, 1.54) is 17.1 Å². The molecule has 24 heavy (non-hydrogen) atoms. The molecule has 3 aromatic rings. The van der Waals surface area contributed by atoms with E-state index in [0.29, 0.717) is 6.54 Å². The number of benzene rings is 1. The highest BCUT2D eigenvalue weighted by atomic mass is 32.2. The smallest absolute Gasteiger partial charge is 0.257 e. The van der Waals surface area contributed by atoms with Crippen molar-refractivity contribution in [3.8, 4) is 0 Å². The highest BCUT2D eigenvalue weighted by Gasteiger charge is 2.09. The first-order valence-corrected chi connectivity index (χ1v) is 8.70. The van der Waals surface area contributed by atoms with E-state index in [4.69, 9.17) is 0 Å². The van der Waals surface area contributed by atoms with Crippen LogP contribution in [-0.2, 0) is 16.6 Å².